The highest BCUT2D eigenvalue weighted by Gasteiger charge is 2.14. The Bertz CT molecular complexity index is 286. The molecule has 2 N–H and O–H groups in total. The molecule has 0 spiro atoms. The lowest BCUT2D eigenvalue weighted by molar-refractivity contribution is 0.429. The van der Waals surface area contributed by atoms with Crippen molar-refractivity contribution in [2.75, 3.05) is 19.6 Å². The lowest BCUT2D eigenvalue weighted by atomic mass is 10.0. The monoisotopic (exact) mass is 248 g/mol. The van der Waals surface area contributed by atoms with Gasteiger partial charge in [-0.1, -0.05) is 24.3 Å². The Hall–Kier alpha value is -0.280. The van der Waals surface area contributed by atoms with E-state index in [4.69, 9.17) is 0 Å². The van der Waals surface area contributed by atoms with E-state index in [0.29, 0.717) is 6.04 Å². The van der Waals surface area contributed by atoms with E-state index >= 15 is 0 Å². The third-order valence-corrected chi connectivity index (χ3v) is 2.60. The van der Waals surface area contributed by atoms with Gasteiger partial charge in [-0.05, 0) is 18.1 Å². The molecule has 1 saturated heterocycles. The first kappa shape index (κ1) is 14.7. The summed E-state index contributed by atoms with van der Waals surface area (Å²) >= 11 is 0. The van der Waals surface area contributed by atoms with Gasteiger partial charge in [0.2, 0.25) is 0 Å². The number of aryl methyl sites for hydroxylation is 1. The molecule has 1 aliphatic heterocycles. The molecule has 2 nitrogen and oxygen atoms in total. The lowest BCUT2D eigenvalue weighted by Crippen LogP contribution is -2.42. The summed E-state index contributed by atoms with van der Waals surface area (Å²) in [6.07, 6.45) is 0. The predicted molar refractivity (Wildman–Crippen MR) is 69.3 cm³/mol. The van der Waals surface area contributed by atoms with Crippen molar-refractivity contribution in [2.45, 2.75) is 13.0 Å². The van der Waals surface area contributed by atoms with Crippen molar-refractivity contribution in [3.63, 3.8) is 0 Å². The van der Waals surface area contributed by atoms with Gasteiger partial charge in [0.1, 0.15) is 0 Å². The van der Waals surface area contributed by atoms with Crippen molar-refractivity contribution < 1.29 is 0 Å². The maximum atomic E-state index is 3.51. The van der Waals surface area contributed by atoms with Crippen molar-refractivity contribution in [2.24, 2.45) is 0 Å². The summed E-state index contributed by atoms with van der Waals surface area (Å²) in [5, 5.41) is 6.91. The summed E-state index contributed by atoms with van der Waals surface area (Å²) in [5.41, 5.74) is 2.80. The summed E-state index contributed by atoms with van der Waals surface area (Å²) in [6, 6.07) is 9.08. The molecule has 0 bridgehead atoms. The van der Waals surface area contributed by atoms with Gasteiger partial charge in [0, 0.05) is 25.7 Å². The average Bonchev–Trinajstić information content (AvgIpc) is 2.20. The molecular formula is C11H18Cl2N2. The van der Waals surface area contributed by atoms with Crippen molar-refractivity contribution in [3.05, 3.63) is 35.4 Å². The molecule has 1 aromatic carbocycles. The zero-order valence-electron chi connectivity index (χ0n) is 8.82. The third kappa shape index (κ3) is 3.65. The average molecular weight is 249 g/mol. The molecule has 2 rings (SSSR count). The second-order valence-electron chi connectivity index (χ2n) is 3.57. The van der Waals surface area contributed by atoms with Gasteiger partial charge < -0.3 is 10.6 Å². The molecule has 1 aromatic rings. The highest BCUT2D eigenvalue weighted by Crippen LogP contribution is 2.17. The van der Waals surface area contributed by atoms with Gasteiger partial charge in [-0.2, -0.15) is 0 Å². The van der Waals surface area contributed by atoms with Crippen LogP contribution >= 0.6 is 24.8 Å². The number of halogens is 2. The van der Waals surface area contributed by atoms with E-state index in [1.54, 1.807) is 0 Å². The number of hydrogen-bond acceptors (Lipinski definition) is 2. The zero-order valence-corrected chi connectivity index (χ0v) is 10.5. The Balaban J connectivity index is 0.000000980. The van der Waals surface area contributed by atoms with Crippen LogP contribution in [-0.2, 0) is 0 Å². The minimum absolute atomic E-state index is 0. The van der Waals surface area contributed by atoms with Gasteiger partial charge in [0.05, 0.1) is 0 Å². The Kier molecular flexibility index (Phi) is 6.94. The summed E-state index contributed by atoms with van der Waals surface area (Å²) in [4.78, 5) is 0. The first-order chi connectivity index (χ1) is 6.38. The number of benzene rings is 1. The Labute approximate surface area is 104 Å². The fourth-order valence-electron chi connectivity index (χ4n) is 1.85. The van der Waals surface area contributed by atoms with Crippen LogP contribution in [0.4, 0.5) is 0 Å². The van der Waals surface area contributed by atoms with E-state index in [-0.39, 0.29) is 24.8 Å². The van der Waals surface area contributed by atoms with Crippen LogP contribution in [0.2, 0.25) is 0 Å². The SMILES string of the molecule is Cc1ccccc1C1CNCCN1.Cl.Cl. The van der Waals surface area contributed by atoms with E-state index in [2.05, 4.69) is 41.8 Å². The summed E-state index contributed by atoms with van der Waals surface area (Å²) in [7, 11) is 0. The number of piperazine rings is 1. The van der Waals surface area contributed by atoms with Gasteiger partial charge in [-0.15, -0.1) is 24.8 Å². The van der Waals surface area contributed by atoms with E-state index < -0.39 is 0 Å². The molecule has 1 atom stereocenters. The molecule has 86 valence electrons. The fourth-order valence-corrected chi connectivity index (χ4v) is 1.85. The van der Waals surface area contributed by atoms with Crippen molar-refractivity contribution >= 4 is 24.8 Å². The van der Waals surface area contributed by atoms with Crippen LogP contribution in [0.15, 0.2) is 24.3 Å². The quantitative estimate of drug-likeness (QED) is 0.796. The van der Waals surface area contributed by atoms with Crippen molar-refractivity contribution in [3.8, 4) is 0 Å². The minimum Gasteiger partial charge on any atom is -0.314 e. The second kappa shape index (κ2) is 7.07. The molecule has 0 radical (unpaired) electrons. The molecule has 0 aliphatic carbocycles. The molecule has 0 amide bonds. The number of rotatable bonds is 1. The first-order valence-corrected chi connectivity index (χ1v) is 4.87. The fraction of sp³-hybridized carbons (Fsp3) is 0.455. The summed E-state index contributed by atoms with van der Waals surface area (Å²) in [5.74, 6) is 0. The van der Waals surface area contributed by atoms with E-state index in [0.717, 1.165) is 19.6 Å². The molecule has 0 aromatic heterocycles. The van der Waals surface area contributed by atoms with Crippen LogP contribution in [0.25, 0.3) is 0 Å². The topological polar surface area (TPSA) is 24.1 Å². The largest absolute Gasteiger partial charge is 0.314 e. The lowest BCUT2D eigenvalue weighted by Gasteiger charge is -2.26. The van der Waals surface area contributed by atoms with Crippen LogP contribution in [-0.4, -0.2) is 19.6 Å². The first-order valence-electron chi connectivity index (χ1n) is 4.87. The third-order valence-electron chi connectivity index (χ3n) is 2.60. The van der Waals surface area contributed by atoms with Gasteiger partial charge in [0.15, 0.2) is 0 Å². The maximum Gasteiger partial charge on any atom is 0.0449 e. The predicted octanol–water partition coefficient (Wildman–Crippen LogP) is 2.07. The van der Waals surface area contributed by atoms with E-state index in [1.807, 2.05) is 0 Å². The molecule has 1 aliphatic rings. The van der Waals surface area contributed by atoms with Gasteiger partial charge >= 0.3 is 0 Å². The number of nitrogens with one attached hydrogen (secondary N) is 2. The molecule has 1 heterocycles. The van der Waals surface area contributed by atoms with Gasteiger partial charge in [0.25, 0.3) is 0 Å². The van der Waals surface area contributed by atoms with E-state index in [9.17, 15) is 0 Å². The summed E-state index contributed by atoms with van der Waals surface area (Å²) in [6.45, 7) is 5.37. The molecule has 0 saturated carbocycles. The van der Waals surface area contributed by atoms with Crippen LogP contribution in [0.5, 0.6) is 0 Å². The van der Waals surface area contributed by atoms with E-state index in [1.165, 1.54) is 11.1 Å². The van der Waals surface area contributed by atoms with Crippen LogP contribution in [0.3, 0.4) is 0 Å². The highest BCUT2D eigenvalue weighted by molar-refractivity contribution is 5.85. The summed E-state index contributed by atoms with van der Waals surface area (Å²) < 4.78 is 0. The number of hydrogen-bond donors (Lipinski definition) is 2. The molecule has 4 heteroatoms. The Morgan fingerprint density at radius 3 is 2.47 bits per heavy atom. The normalized spacial score (nSPS) is 19.9. The van der Waals surface area contributed by atoms with Gasteiger partial charge in [-0.3, -0.25) is 0 Å². The standard InChI is InChI=1S/C11H16N2.2ClH/c1-9-4-2-3-5-10(9)11-8-12-6-7-13-11;;/h2-5,11-13H,6-8H2,1H3;2*1H. The molecule has 1 fully saturated rings. The van der Waals surface area contributed by atoms with Crippen LogP contribution < -0.4 is 10.6 Å². The van der Waals surface area contributed by atoms with Crippen LogP contribution in [0, 0.1) is 6.92 Å². The highest BCUT2D eigenvalue weighted by atomic mass is 35.5. The smallest absolute Gasteiger partial charge is 0.0449 e. The maximum absolute atomic E-state index is 3.51. The van der Waals surface area contributed by atoms with Crippen molar-refractivity contribution in [1.82, 2.24) is 10.6 Å². The zero-order chi connectivity index (χ0) is 9.10. The van der Waals surface area contributed by atoms with Gasteiger partial charge in [-0.25, -0.2) is 0 Å². The van der Waals surface area contributed by atoms with Crippen molar-refractivity contribution in [1.29, 1.82) is 0 Å². The minimum atomic E-state index is 0. The Morgan fingerprint density at radius 2 is 1.87 bits per heavy atom. The molecule has 1 unspecified atom stereocenters. The second-order valence-corrected chi connectivity index (χ2v) is 3.57. The Morgan fingerprint density at radius 1 is 1.13 bits per heavy atom. The molecule has 15 heavy (non-hydrogen) atoms. The molecular weight excluding hydrogens is 231 g/mol. The van der Waals surface area contributed by atoms with Crippen LogP contribution in [0.1, 0.15) is 17.2 Å².